The van der Waals surface area contributed by atoms with Crippen LogP contribution in [-0.4, -0.2) is 26.4 Å². The van der Waals surface area contributed by atoms with Gasteiger partial charge in [-0.3, -0.25) is 10.1 Å². The zero-order valence-electron chi connectivity index (χ0n) is 18.7. The number of hydrogen-bond donors (Lipinski definition) is 3. The van der Waals surface area contributed by atoms with Crippen LogP contribution >= 0.6 is 0 Å². The van der Waals surface area contributed by atoms with Crippen molar-refractivity contribution in [2.24, 2.45) is 0 Å². The highest BCUT2D eigenvalue weighted by atomic mass is 32.2. The number of hydrogen-bond acceptors (Lipinski definition) is 6. The Morgan fingerprint density at radius 2 is 1.66 bits per heavy atom. The molecule has 35 heavy (non-hydrogen) atoms. The van der Waals surface area contributed by atoms with E-state index in [-0.39, 0.29) is 11.5 Å². The molecule has 3 aromatic carbocycles. The molecule has 0 unspecified atom stereocenters. The number of ether oxygens (including phenoxy) is 1. The lowest BCUT2D eigenvalue weighted by atomic mass is 9.84. The monoisotopic (exact) mass is 490 g/mol. The van der Waals surface area contributed by atoms with E-state index in [1.54, 1.807) is 54.6 Å². The summed E-state index contributed by atoms with van der Waals surface area (Å²) in [5.41, 5.74) is 0.258. The number of carbonyl (C=O) groups excluding carboxylic acids is 2. The molecule has 9 nitrogen and oxygen atoms in total. The van der Waals surface area contributed by atoms with E-state index in [9.17, 15) is 18.0 Å². The maximum Gasteiger partial charge on any atom is 0.322 e. The number of urea groups is 1. The minimum Gasteiger partial charge on any atom is -0.489 e. The number of nitrogens with zero attached hydrogens (tertiary/aromatic N) is 1. The van der Waals surface area contributed by atoms with Crippen LogP contribution in [0.15, 0.2) is 83.8 Å². The Labute approximate surface area is 202 Å². The van der Waals surface area contributed by atoms with Crippen LogP contribution in [0, 0.1) is 11.3 Å². The summed E-state index contributed by atoms with van der Waals surface area (Å²) in [5.74, 6) is -0.181. The number of amides is 3. The molecule has 0 bridgehead atoms. The fraction of sp³-hybridized carbons (Fsp3) is 0.160. The van der Waals surface area contributed by atoms with Crippen LogP contribution in [-0.2, 0) is 27.0 Å². The van der Waals surface area contributed by atoms with Crippen molar-refractivity contribution in [1.82, 2.24) is 15.4 Å². The molecule has 1 saturated heterocycles. The fourth-order valence-electron chi connectivity index (χ4n) is 3.87. The minimum atomic E-state index is -4.04. The number of imide groups is 1. The molecular formula is C25H22N4O5S. The van der Waals surface area contributed by atoms with E-state index in [2.05, 4.69) is 15.4 Å². The molecule has 3 aromatic rings. The summed E-state index contributed by atoms with van der Waals surface area (Å²) in [4.78, 5) is 24.7. The first kappa shape index (κ1) is 23.9. The highest BCUT2D eigenvalue weighted by Gasteiger charge is 2.52. The van der Waals surface area contributed by atoms with E-state index in [1.165, 1.54) is 31.2 Å². The van der Waals surface area contributed by atoms with Gasteiger partial charge in [0.25, 0.3) is 5.91 Å². The first-order valence-electron chi connectivity index (χ1n) is 10.7. The third-order valence-corrected chi connectivity index (χ3v) is 7.29. The summed E-state index contributed by atoms with van der Waals surface area (Å²) in [6.45, 7) is 1.77. The molecule has 0 spiro atoms. The molecule has 178 valence electrons. The smallest absolute Gasteiger partial charge is 0.322 e. The Balaban J connectivity index is 1.49. The van der Waals surface area contributed by atoms with Gasteiger partial charge in [0.15, 0.2) is 5.54 Å². The van der Waals surface area contributed by atoms with Gasteiger partial charge < -0.3 is 10.1 Å². The SMILES string of the molecule is C[C@@H](NS(=O)(=O)c1ccc(OCc2ccc(C#N)cc2)cc1)[C@@]1(c2ccccc2)NC(=O)NC1=O. The highest BCUT2D eigenvalue weighted by Crippen LogP contribution is 2.30. The lowest BCUT2D eigenvalue weighted by Crippen LogP contribution is -2.58. The van der Waals surface area contributed by atoms with Crippen LogP contribution in [0.5, 0.6) is 5.75 Å². The van der Waals surface area contributed by atoms with E-state index in [0.717, 1.165) is 5.56 Å². The first-order chi connectivity index (χ1) is 16.7. The number of carbonyl (C=O) groups is 2. The Kier molecular flexibility index (Phi) is 6.55. The Hall–Kier alpha value is -4.20. The number of nitrogens with one attached hydrogen (secondary N) is 3. The summed E-state index contributed by atoms with van der Waals surface area (Å²) in [7, 11) is -4.04. The topological polar surface area (TPSA) is 137 Å². The van der Waals surface area contributed by atoms with Crippen LogP contribution in [0.3, 0.4) is 0 Å². The van der Waals surface area contributed by atoms with Gasteiger partial charge in [-0.2, -0.15) is 5.26 Å². The maximum atomic E-state index is 13.1. The standard InChI is InChI=1S/C25H22N4O5S/c1-17(25(20-5-3-2-4-6-20)23(30)27-24(31)28-25)29-35(32,33)22-13-11-21(12-14-22)34-16-19-9-7-18(15-26)8-10-19/h2-14,17,29H,16H2,1H3,(H2,27,28,30,31)/t17-,25+/m1/s1. The van der Waals surface area contributed by atoms with E-state index in [4.69, 9.17) is 10.00 Å². The third kappa shape index (κ3) is 4.87. The Bertz CT molecular complexity index is 1380. The molecular weight excluding hydrogens is 468 g/mol. The molecule has 1 aliphatic rings. The molecule has 10 heteroatoms. The lowest BCUT2D eigenvalue weighted by molar-refractivity contribution is -0.125. The van der Waals surface area contributed by atoms with Crippen molar-refractivity contribution < 1.29 is 22.7 Å². The summed E-state index contributed by atoms with van der Waals surface area (Å²) < 4.78 is 34.4. The predicted molar refractivity (Wildman–Crippen MR) is 127 cm³/mol. The van der Waals surface area contributed by atoms with Gasteiger partial charge in [-0.25, -0.2) is 17.9 Å². The average molecular weight is 491 g/mol. The minimum absolute atomic E-state index is 0.0250. The number of sulfonamides is 1. The van der Waals surface area contributed by atoms with Crippen LogP contribution < -0.4 is 20.1 Å². The zero-order valence-corrected chi connectivity index (χ0v) is 19.5. The fourth-order valence-corrected chi connectivity index (χ4v) is 5.15. The lowest BCUT2D eigenvalue weighted by Gasteiger charge is -2.33. The molecule has 2 atom stereocenters. The van der Waals surface area contributed by atoms with Crippen LogP contribution in [0.2, 0.25) is 0 Å². The van der Waals surface area contributed by atoms with Gasteiger partial charge in [-0.05, 0) is 54.4 Å². The number of benzene rings is 3. The van der Waals surface area contributed by atoms with E-state index < -0.39 is 33.5 Å². The van der Waals surface area contributed by atoms with Crippen molar-refractivity contribution in [3.8, 4) is 11.8 Å². The van der Waals surface area contributed by atoms with Gasteiger partial charge in [0.05, 0.1) is 22.6 Å². The molecule has 0 aromatic heterocycles. The Morgan fingerprint density at radius 1 is 1.00 bits per heavy atom. The second kappa shape index (κ2) is 9.58. The average Bonchev–Trinajstić information content (AvgIpc) is 3.18. The molecule has 0 aliphatic carbocycles. The molecule has 4 rings (SSSR count). The largest absolute Gasteiger partial charge is 0.489 e. The quantitative estimate of drug-likeness (QED) is 0.415. The van der Waals surface area contributed by atoms with Crippen molar-refractivity contribution in [2.45, 2.75) is 30.0 Å². The molecule has 0 radical (unpaired) electrons. The van der Waals surface area contributed by atoms with Gasteiger partial charge in [-0.15, -0.1) is 0 Å². The Morgan fingerprint density at radius 3 is 2.23 bits per heavy atom. The van der Waals surface area contributed by atoms with Crippen LogP contribution in [0.1, 0.15) is 23.6 Å². The van der Waals surface area contributed by atoms with Gasteiger partial charge >= 0.3 is 6.03 Å². The van der Waals surface area contributed by atoms with E-state index in [1.807, 2.05) is 6.07 Å². The molecule has 1 heterocycles. The first-order valence-corrected chi connectivity index (χ1v) is 12.2. The normalized spacial score (nSPS) is 18.3. The molecule has 3 amide bonds. The predicted octanol–water partition coefficient (Wildman–Crippen LogP) is 2.54. The summed E-state index contributed by atoms with van der Waals surface area (Å²) in [6.07, 6.45) is 0. The van der Waals surface area contributed by atoms with E-state index in [0.29, 0.717) is 16.9 Å². The van der Waals surface area contributed by atoms with Gasteiger partial charge in [-0.1, -0.05) is 42.5 Å². The summed E-state index contributed by atoms with van der Waals surface area (Å²) >= 11 is 0. The highest BCUT2D eigenvalue weighted by molar-refractivity contribution is 7.89. The second-order valence-corrected chi connectivity index (χ2v) is 9.71. The molecule has 1 fully saturated rings. The molecule has 1 aliphatic heterocycles. The molecule has 0 saturated carbocycles. The van der Waals surface area contributed by atoms with E-state index >= 15 is 0 Å². The van der Waals surface area contributed by atoms with Gasteiger partial charge in [0.2, 0.25) is 10.0 Å². The van der Waals surface area contributed by atoms with Gasteiger partial charge in [0.1, 0.15) is 12.4 Å². The second-order valence-electron chi connectivity index (χ2n) is 7.99. The van der Waals surface area contributed by atoms with Crippen molar-refractivity contribution in [3.05, 3.63) is 95.6 Å². The van der Waals surface area contributed by atoms with Crippen LogP contribution in [0.25, 0.3) is 0 Å². The number of nitriles is 1. The third-order valence-electron chi connectivity index (χ3n) is 5.73. The summed E-state index contributed by atoms with van der Waals surface area (Å²) in [6, 6.07) is 21.6. The van der Waals surface area contributed by atoms with Crippen molar-refractivity contribution in [3.63, 3.8) is 0 Å². The van der Waals surface area contributed by atoms with Gasteiger partial charge in [0, 0.05) is 0 Å². The van der Waals surface area contributed by atoms with Crippen molar-refractivity contribution in [2.75, 3.05) is 0 Å². The number of rotatable bonds is 8. The maximum absolute atomic E-state index is 13.1. The summed E-state index contributed by atoms with van der Waals surface area (Å²) in [5, 5.41) is 13.7. The molecule has 3 N–H and O–H groups in total. The van der Waals surface area contributed by atoms with Crippen LogP contribution in [0.4, 0.5) is 4.79 Å². The van der Waals surface area contributed by atoms with Crippen molar-refractivity contribution >= 4 is 22.0 Å². The zero-order chi connectivity index (χ0) is 25.1. The van der Waals surface area contributed by atoms with Crippen molar-refractivity contribution in [1.29, 1.82) is 5.26 Å².